The first-order valence-electron chi connectivity index (χ1n) is 14.7. The Bertz CT molecular complexity index is 1260. The van der Waals surface area contributed by atoms with Crippen molar-refractivity contribution in [1.82, 2.24) is 5.01 Å². The van der Waals surface area contributed by atoms with Gasteiger partial charge >= 0.3 is 6.03 Å². The molecule has 1 aliphatic carbocycles. The van der Waals surface area contributed by atoms with Gasteiger partial charge in [-0.25, -0.2) is 9.80 Å². The highest BCUT2D eigenvalue weighted by Crippen LogP contribution is 2.34. The normalized spacial score (nSPS) is 16.1. The molecule has 1 heterocycles. The molecule has 2 aliphatic rings. The molecule has 0 aromatic heterocycles. The number of nitrogens with zero attached hydrogens (tertiary/aromatic N) is 3. The summed E-state index contributed by atoms with van der Waals surface area (Å²) in [5.41, 5.74) is 3.16. The number of fused-ring (bicyclic) bond motifs is 1. The number of ether oxygens (including phenoxy) is 1. The molecular formula is C32H43N5O4. The molecular weight excluding hydrogens is 518 g/mol. The number of hydrogen-bond donors (Lipinski definition) is 2. The number of carbonyl (C=O) groups excluding carboxylic acids is 3. The lowest BCUT2D eigenvalue weighted by Crippen LogP contribution is -2.47. The van der Waals surface area contributed by atoms with Crippen molar-refractivity contribution >= 4 is 40.5 Å². The van der Waals surface area contributed by atoms with Crippen LogP contribution in [0, 0.1) is 11.3 Å². The number of hydrogen-bond acceptors (Lipinski definition) is 6. The largest absolute Gasteiger partial charge is 0.383 e. The Morgan fingerprint density at radius 1 is 1.00 bits per heavy atom. The van der Waals surface area contributed by atoms with Crippen LogP contribution in [0.3, 0.4) is 0 Å². The fourth-order valence-electron chi connectivity index (χ4n) is 5.16. The number of hydrazone groups is 1. The Morgan fingerprint density at radius 3 is 2.46 bits per heavy atom. The van der Waals surface area contributed by atoms with Crippen LogP contribution in [-0.4, -0.2) is 61.3 Å². The Morgan fingerprint density at radius 2 is 1.73 bits per heavy atom. The van der Waals surface area contributed by atoms with E-state index in [0.717, 1.165) is 42.6 Å². The van der Waals surface area contributed by atoms with Gasteiger partial charge in [-0.1, -0.05) is 64.3 Å². The van der Waals surface area contributed by atoms with Gasteiger partial charge in [0.2, 0.25) is 5.91 Å². The van der Waals surface area contributed by atoms with Gasteiger partial charge < -0.3 is 15.4 Å². The zero-order chi connectivity index (χ0) is 29.4. The highest BCUT2D eigenvalue weighted by molar-refractivity contribution is 6.13. The summed E-state index contributed by atoms with van der Waals surface area (Å²) >= 11 is 0. The van der Waals surface area contributed by atoms with Crippen LogP contribution in [0.4, 0.5) is 21.9 Å². The number of nitrogens with one attached hydrogen (secondary N) is 2. The molecule has 41 heavy (non-hydrogen) atoms. The zero-order valence-corrected chi connectivity index (χ0v) is 24.7. The van der Waals surface area contributed by atoms with E-state index in [1.807, 2.05) is 70.2 Å². The van der Waals surface area contributed by atoms with Crippen LogP contribution in [0.25, 0.3) is 0 Å². The molecule has 0 saturated heterocycles. The second kappa shape index (κ2) is 13.8. The van der Waals surface area contributed by atoms with E-state index in [4.69, 9.17) is 9.84 Å². The lowest BCUT2D eigenvalue weighted by atomic mass is 9.83. The molecule has 4 rings (SSSR count). The maximum atomic E-state index is 14.0. The van der Waals surface area contributed by atoms with E-state index in [1.54, 1.807) is 6.07 Å². The topological polar surface area (TPSA) is 103 Å². The first-order valence-corrected chi connectivity index (χ1v) is 14.7. The third kappa shape index (κ3) is 7.94. The van der Waals surface area contributed by atoms with Crippen molar-refractivity contribution in [1.29, 1.82) is 0 Å². The second-order valence-electron chi connectivity index (χ2n) is 11.7. The third-order valence-corrected chi connectivity index (χ3v) is 7.50. The van der Waals surface area contributed by atoms with E-state index >= 15 is 0 Å². The number of para-hydroxylation sites is 1. The number of Topliss-reactive ketones (excluding diaryl/α,β-unsaturated/α-hetero) is 1. The SMILES string of the molecule is CCOCCNc1cccc(NC(=O)CN2N=C(C3CCCCC3)c3ccccc3N(CC(=O)C(C)(C)C)C2=O)c1. The van der Waals surface area contributed by atoms with Crippen molar-refractivity contribution in [3.05, 3.63) is 54.1 Å². The number of ketones is 1. The van der Waals surface area contributed by atoms with Crippen LogP contribution in [0.15, 0.2) is 53.6 Å². The second-order valence-corrected chi connectivity index (χ2v) is 11.7. The average molecular weight is 562 g/mol. The van der Waals surface area contributed by atoms with E-state index < -0.39 is 11.4 Å². The first-order chi connectivity index (χ1) is 19.7. The molecule has 0 bridgehead atoms. The molecule has 2 N–H and O–H groups in total. The average Bonchev–Trinajstić information content (AvgIpc) is 3.06. The minimum absolute atomic E-state index is 0.0696. The Labute approximate surface area is 243 Å². The molecule has 0 atom stereocenters. The van der Waals surface area contributed by atoms with Crippen LogP contribution in [0.1, 0.15) is 65.4 Å². The highest BCUT2D eigenvalue weighted by Gasteiger charge is 2.36. The summed E-state index contributed by atoms with van der Waals surface area (Å²) in [5.74, 6) is -0.259. The lowest BCUT2D eigenvalue weighted by molar-refractivity contribution is -0.124. The zero-order valence-electron chi connectivity index (χ0n) is 24.7. The molecule has 3 amide bonds. The summed E-state index contributed by atoms with van der Waals surface area (Å²) in [6.07, 6.45) is 5.34. The van der Waals surface area contributed by atoms with Crippen LogP contribution in [-0.2, 0) is 14.3 Å². The quantitative estimate of drug-likeness (QED) is 0.332. The summed E-state index contributed by atoms with van der Waals surface area (Å²) in [7, 11) is 0. The summed E-state index contributed by atoms with van der Waals surface area (Å²) in [5, 5.41) is 12.3. The van der Waals surface area contributed by atoms with Gasteiger partial charge in [-0.2, -0.15) is 5.10 Å². The van der Waals surface area contributed by atoms with Crippen LogP contribution in [0.5, 0.6) is 0 Å². The molecule has 9 heteroatoms. The van der Waals surface area contributed by atoms with Gasteiger partial charge in [0.15, 0.2) is 5.78 Å². The summed E-state index contributed by atoms with van der Waals surface area (Å²) in [6.45, 7) is 9.01. The van der Waals surface area contributed by atoms with Gasteiger partial charge in [0.25, 0.3) is 0 Å². The fourth-order valence-corrected chi connectivity index (χ4v) is 5.16. The number of anilines is 3. The standard InChI is InChI=1S/C32H43N5O4/c1-5-41-19-18-33-24-14-11-15-25(20-24)34-29(39)22-37-31(40)36(21-28(38)32(2,3)4)27-17-10-9-16-26(27)30(35-37)23-12-7-6-8-13-23/h9-11,14-17,20,23,33H,5-8,12-13,18-19,21-22H2,1-4H3,(H,34,39). The van der Waals surface area contributed by atoms with E-state index in [0.29, 0.717) is 31.1 Å². The van der Waals surface area contributed by atoms with Gasteiger partial charge in [0.05, 0.1) is 24.6 Å². The number of urea groups is 1. The summed E-state index contributed by atoms with van der Waals surface area (Å²) < 4.78 is 5.37. The lowest BCUT2D eigenvalue weighted by Gasteiger charge is -2.28. The number of carbonyl (C=O) groups is 3. The fraction of sp³-hybridized carbons (Fsp3) is 0.500. The van der Waals surface area contributed by atoms with Gasteiger partial charge in [-0.05, 0) is 44.0 Å². The molecule has 2 aromatic carbocycles. The molecule has 1 aliphatic heterocycles. The van der Waals surface area contributed by atoms with Crippen LogP contribution < -0.4 is 15.5 Å². The summed E-state index contributed by atoms with van der Waals surface area (Å²) in [4.78, 5) is 41.9. The minimum atomic E-state index is -0.626. The predicted molar refractivity (Wildman–Crippen MR) is 164 cm³/mol. The molecule has 0 unspecified atom stereocenters. The van der Waals surface area contributed by atoms with Crippen molar-refractivity contribution < 1.29 is 19.1 Å². The van der Waals surface area contributed by atoms with Crippen molar-refractivity contribution in [3.63, 3.8) is 0 Å². The van der Waals surface area contributed by atoms with Crippen molar-refractivity contribution in [2.75, 3.05) is 48.4 Å². The number of benzene rings is 2. The van der Waals surface area contributed by atoms with E-state index in [-0.39, 0.29) is 30.7 Å². The maximum absolute atomic E-state index is 14.0. The molecule has 2 aromatic rings. The van der Waals surface area contributed by atoms with Gasteiger partial charge in [0, 0.05) is 41.4 Å². The first kappa shape index (κ1) is 30.2. The Balaban J connectivity index is 1.60. The molecule has 1 saturated carbocycles. The molecule has 1 fully saturated rings. The minimum Gasteiger partial charge on any atom is -0.383 e. The van der Waals surface area contributed by atoms with Crippen LogP contribution in [0.2, 0.25) is 0 Å². The van der Waals surface area contributed by atoms with Crippen LogP contribution >= 0.6 is 0 Å². The highest BCUT2D eigenvalue weighted by atomic mass is 16.5. The van der Waals surface area contributed by atoms with E-state index in [1.165, 1.54) is 16.3 Å². The summed E-state index contributed by atoms with van der Waals surface area (Å²) in [6, 6.07) is 14.6. The van der Waals surface area contributed by atoms with Crippen molar-refractivity contribution in [2.45, 2.75) is 59.8 Å². The number of amides is 3. The number of rotatable bonds is 11. The molecule has 220 valence electrons. The molecule has 0 radical (unpaired) electrons. The van der Waals surface area contributed by atoms with Crippen molar-refractivity contribution in [2.24, 2.45) is 16.4 Å². The third-order valence-electron chi connectivity index (χ3n) is 7.50. The van der Waals surface area contributed by atoms with Gasteiger partial charge in [0.1, 0.15) is 6.54 Å². The molecule has 9 nitrogen and oxygen atoms in total. The van der Waals surface area contributed by atoms with Crippen molar-refractivity contribution in [3.8, 4) is 0 Å². The maximum Gasteiger partial charge on any atom is 0.345 e. The smallest absolute Gasteiger partial charge is 0.345 e. The molecule has 0 spiro atoms. The Kier molecular flexibility index (Phi) is 10.2. The van der Waals surface area contributed by atoms with Gasteiger partial charge in [-0.3, -0.25) is 14.5 Å². The van der Waals surface area contributed by atoms with E-state index in [9.17, 15) is 14.4 Å². The van der Waals surface area contributed by atoms with E-state index in [2.05, 4.69) is 10.6 Å². The van der Waals surface area contributed by atoms with Gasteiger partial charge in [-0.15, -0.1) is 0 Å². The monoisotopic (exact) mass is 561 g/mol. The Hall–Kier alpha value is -3.72. The predicted octanol–water partition coefficient (Wildman–Crippen LogP) is 5.92.